The number of amides is 1. The van der Waals surface area contributed by atoms with Gasteiger partial charge in [-0.1, -0.05) is 12.1 Å². The van der Waals surface area contributed by atoms with Gasteiger partial charge in [-0.2, -0.15) is 0 Å². The minimum Gasteiger partial charge on any atom is -0.485 e. The Bertz CT molecular complexity index is 395. The molecule has 1 amide bonds. The average Bonchev–Trinajstić information content (AvgIpc) is 2.38. The van der Waals surface area contributed by atoms with Crippen LogP contribution in [-0.2, 0) is 4.79 Å². The monoisotopic (exact) mass is 236 g/mol. The molecule has 0 spiro atoms. The first-order chi connectivity index (χ1) is 8.31. The van der Waals surface area contributed by atoms with Crippen molar-refractivity contribution in [1.29, 1.82) is 0 Å². The predicted molar refractivity (Wildman–Crippen MR) is 63.3 cm³/mol. The Hall–Kier alpha value is -1.75. The van der Waals surface area contributed by atoms with Crippen molar-refractivity contribution < 1.29 is 14.3 Å². The van der Waals surface area contributed by atoms with Gasteiger partial charge in [-0.15, -0.1) is 0 Å². The molecule has 1 aromatic carbocycles. The minimum absolute atomic E-state index is 0.144. The first kappa shape index (κ1) is 11.7. The van der Waals surface area contributed by atoms with Crippen molar-refractivity contribution in [2.75, 3.05) is 26.7 Å². The summed E-state index contributed by atoms with van der Waals surface area (Å²) in [5.41, 5.74) is 0. The van der Waals surface area contributed by atoms with E-state index in [4.69, 9.17) is 9.47 Å². The predicted octanol–water partition coefficient (Wildman–Crippen LogP) is 0.162. The Labute approximate surface area is 100 Å². The third-order valence-electron chi connectivity index (χ3n) is 2.48. The lowest BCUT2D eigenvalue weighted by Gasteiger charge is -2.25. The summed E-state index contributed by atoms with van der Waals surface area (Å²) < 4.78 is 11.0. The number of likely N-dealkylation sites (N-methyl/N-ethyl adjacent to an activating group) is 1. The second-order valence-corrected chi connectivity index (χ2v) is 3.76. The highest BCUT2D eigenvalue weighted by atomic mass is 16.6. The standard InChI is InChI=1S/C12H16N2O3/c1-13-6-7-14-12(15)11-8-16-9-4-2-3-5-10(9)17-11/h2-5,11,13H,6-8H2,1H3,(H,14,15). The first-order valence-electron chi connectivity index (χ1n) is 5.62. The molecule has 1 aromatic rings. The molecule has 0 radical (unpaired) electrons. The van der Waals surface area contributed by atoms with Crippen LogP contribution in [0.3, 0.4) is 0 Å². The molecule has 0 fully saturated rings. The molecule has 1 aliphatic rings. The zero-order chi connectivity index (χ0) is 12.1. The summed E-state index contributed by atoms with van der Waals surface area (Å²) in [6.07, 6.45) is -0.568. The molecule has 1 aliphatic heterocycles. The Balaban J connectivity index is 1.91. The summed E-state index contributed by atoms with van der Waals surface area (Å²) in [5, 5.41) is 5.73. The first-order valence-corrected chi connectivity index (χ1v) is 5.62. The van der Waals surface area contributed by atoms with E-state index in [1.165, 1.54) is 0 Å². The molecule has 0 bridgehead atoms. The van der Waals surface area contributed by atoms with Crippen molar-refractivity contribution >= 4 is 5.91 Å². The quantitative estimate of drug-likeness (QED) is 0.731. The van der Waals surface area contributed by atoms with E-state index in [1.807, 2.05) is 25.2 Å². The lowest BCUT2D eigenvalue weighted by molar-refractivity contribution is -0.130. The number of hydrogen-bond acceptors (Lipinski definition) is 4. The number of carbonyl (C=O) groups excluding carboxylic acids is 1. The SMILES string of the molecule is CNCCNC(=O)C1COc2ccccc2O1. The Morgan fingerprint density at radius 3 is 2.88 bits per heavy atom. The fourth-order valence-electron chi connectivity index (χ4n) is 1.57. The third-order valence-corrected chi connectivity index (χ3v) is 2.48. The zero-order valence-corrected chi connectivity index (χ0v) is 9.73. The number of nitrogens with one attached hydrogen (secondary N) is 2. The number of ether oxygens (including phenoxy) is 2. The molecule has 5 heteroatoms. The normalized spacial score (nSPS) is 17.6. The smallest absolute Gasteiger partial charge is 0.264 e. The second-order valence-electron chi connectivity index (χ2n) is 3.76. The van der Waals surface area contributed by atoms with Gasteiger partial charge >= 0.3 is 0 Å². The van der Waals surface area contributed by atoms with Crippen molar-refractivity contribution in [1.82, 2.24) is 10.6 Å². The molecule has 5 nitrogen and oxygen atoms in total. The summed E-state index contributed by atoms with van der Waals surface area (Å²) in [6.45, 7) is 1.56. The van der Waals surface area contributed by atoms with Crippen molar-refractivity contribution in [3.63, 3.8) is 0 Å². The molecule has 1 atom stereocenters. The van der Waals surface area contributed by atoms with Crippen LogP contribution in [0.25, 0.3) is 0 Å². The highest BCUT2D eigenvalue weighted by Crippen LogP contribution is 2.30. The average molecular weight is 236 g/mol. The molecular weight excluding hydrogens is 220 g/mol. The molecule has 0 saturated carbocycles. The van der Waals surface area contributed by atoms with Crippen molar-refractivity contribution in [3.05, 3.63) is 24.3 Å². The highest BCUT2D eigenvalue weighted by molar-refractivity contribution is 5.81. The fraction of sp³-hybridized carbons (Fsp3) is 0.417. The molecule has 1 heterocycles. The molecule has 92 valence electrons. The van der Waals surface area contributed by atoms with E-state index >= 15 is 0 Å². The molecule has 2 rings (SSSR count). The van der Waals surface area contributed by atoms with Crippen molar-refractivity contribution in [2.24, 2.45) is 0 Å². The molecule has 0 aromatic heterocycles. The van der Waals surface area contributed by atoms with E-state index in [-0.39, 0.29) is 12.5 Å². The Morgan fingerprint density at radius 1 is 1.35 bits per heavy atom. The summed E-state index contributed by atoms with van der Waals surface area (Å²) in [4.78, 5) is 11.7. The maximum Gasteiger partial charge on any atom is 0.264 e. The van der Waals surface area contributed by atoms with Crippen LogP contribution in [0.15, 0.2) is 24.3 Å². The van der Waals surface area contributed by atoms with Crippen LogP contribution in [0.2, 0.25) is 0 Å². The van der Waals surface area contributed by atoms with Crippen LogP contribution < -0.4 is 20.1 Å². The highest BCUT2D eigenvalue weighted by Gasteiger charge is 2.26. The van der Waals surface area contributed by atoms with Gasteiger partial charge in [0.2, 0.25) is 6.10 Å². The van der Waals surface area contributed by atoms with E-state index in [2.05, 4.69) is 10.6 Å². The van der Waals surface area contributed by atoms with E-state index in [1.54, 1.807) is 6.07 Å². The second kappa shape index (κ2) is 5.54. The number of carbonyl (C=O) groups is 1. The molecule has 0 aliphatic carbocycles. The summed E-state index contributed by atoms with van der Waals surface area (Å²) in [7, 11) is 1.84. The summed E-state index contributed by atoms with van der Waals surface area (Å²) in [5.74, 6) is 1.16. The third kappa shape index (κ3) is 2.88. The van der Waals surface area contributed by atoms with Gasteiger partial charge < -0.3 is 20.1 Å². The summed E-state index contributed by atoms with van der Waals surface area (Å²) in [6, 6.07) is 7.34. The largest absolute Gasteiger partial charge is 0.485 e. The van der Waals surface area contributed by atoms with Gasteiger partial charge in [-0.05, 0) is 19.2 Å². The Kier molecular flexibility index (Phi) is 3.82. The van der Waals surface area contributed by atoms with Crippen LogP contribution in [0.5, 0.6) is 11.5 Å². The lowest BCUT2D eigenvalue weighted by atomic mass is 10.2. The number of benzene rings is 1. The maximum absolute atomic E-state index is 11.7. The van der Waals surface area contributed by atoms with E-state index < -0.39 is 6.10 Å². The number of hydrogen-bond donors (Lipinski definition) is 2. The van der Waals surface area contributed by atoms with Gasteiger partial charge in [-0.25, -0.2) is 0 Å². The van der Waals surface area contributed by atoms with Gasteiger partial charge in [0, 0.05) is 13.1 Å². The molecule has 1 unspecified atom stereocenters. The van der Waals surface area contributed by atoms with E-state index in [0.29, 0.717) is 18.0 Å². The van der Waals surface area contributed by atoms with Crippen LogP contribution >= 0.6 is 0 Å². The number of rotatable bonds is 4. The molecule has 0 saturated heterocycles. The fourth-order valence-corrected chi connectivity index (χ4v) is 1.57. The van der Waals surface area contributed by atoms with Crippen LogP contribution in [-0.4, -0.2) is 38.8 Å². The van der Waals surface area contributed by atoms with Crippen molar-refractivity contribution in [2.45, 2.75) is 6.10 Å². The van der Waals surface area contributed by atoms with Gasteiger partial charge in [0.25, 0.3) is 5.91 Å². The maximum atomic E-state index is 11.7. The van der Waals surface area contributed by atoms with Crippen molar-refractivity contribution in [3.8, 4) is 11.5 Å². The number of fused-ring (bicyclic) bond motifs is 1. The molecule has 17 heavy (non-hydrogen) atoms. The minimum atomic E-state index is -0.568. The van der Waals surface area contributed by atoms with E-state index in [9.17, 15) is 4.79 Å². The van der Waals surface area contributed by atoms with Crippen LogP contribution in [0.1, 0.15) is 0 Å². The topological polar surface area (TPSA) is 59.6 Å². The zero-order valence-electron chi connectivity index (χ0n) is 9.73. The van der Waals surface area contributed by atoms with Gasteiger partial charge in [0.05, 0.1) is 0 Å². The molecular formula is C12H16N2O3. The summed E-state index contributed by atoms with van der Waals surface area (Å²) >= 11 is 0. The molecule has 2 N–H and O–H groups in total. The Morgan fingerprint density at radius 2 is 2.12 bits per heavy atom. The van der Waals surface area contributed by atoms with Gasteiger partial charge in [0.1, 0.15) is 6.61 Å². The van der Waals surface area contributed by atoms with Gasteiger partial charge in [0.15, 0.2) is 11.5 Å². The van der Waals surface area contributed by atoms with Gasteiger partial charge in [-0.3, -0.25) is 4.79 Å². The van der Waals surface area contributed by atoms with E-state index in [0.717, 1.165) is 6.54 Å². The van der Waals surface area contributed by atoms with Crippen LogP contribution in [0.4, 0.5) is 0 Å². The van der Waals surface area contributed by atoms with Crippen LogP contribution in [0, 0.1) is 0 Å². The lowest BCUT2D eigenvalue weighted by Crippen LogP contribution is -2.45. The number of para-hydroxylation sites is 2.